The molecule has 0 spiro atoms. The molecule has 6 heteroatoms. The van der Waals surface area contributed by atoms with Crippen LogP contribution in [0.3, 0.4) is 0 Å². The van der Waals surface area contributed by atoms with Crippen LogP contribution < -0.4 is 20.3 Å². The molecule has 1 heterocycles. The first-order valence-electron chi connectivity index (χ1n) is 9.19. The summed E-state index contributed by atoms with van der Waals surface area (Å²) in [4.78, 5) is 26.4. The quantitative estimate of drug-likeness (QED) is 0.738. The molecule has 2 aromatic carbocycles. The van der Waals surface area contributed by atoms with Crippen LogP contribution in [0.15, 0.2) is 48.5 Å². The molecule has 27 heavy (non-hydrogen) atoms. The van der Waals surface area contributed by atoms with Crippen molar-refractivity contribution in [2.75, 3.05) is 30.4 Å². The van der Waals surface area contributed by atoms with Crippen LogP contribution in [-0.2, 0) is 16.1 Å². The molecular weight excluding hydrogens is 342 g/mol. The molecule has 0 aromatic heterocycles. The van der Waals surface area contributed by atoms with Gasteiger partial charge in [0.25, 0.3) is 0 Å². The fraction of sp³-hybridized carbons (Fsp3) is 0.333. The van der Waals surface area contributed by atoms with Crippen molar-refractivity contribution in [3.63, 3.8) is 0 Å². The van der Waals surface area contributed by atoms with E-state index in [-0.39, 0.29) is 18.2 Å². The van der Waals surface area contributed by atoms with Gasteiger partial charge >= 0.3 is 0 Å². The molecule has 142 valence electrons. The van der Waals surface area contributed by atoms with Gasteiger partial charge in [-0.25, -0.2) is 0 Å². The van der Waals surface area contributed by atoms with Gasteiger partial charge in [0, 0.05) is 36.6 Å². The van der Waals surface area contributed by atoms with Gasteiger partial charge in [0.1, 0.15) is 12.2 Å². The van der Waals surface area contributed by atoms with Crippen molar-refractivity contribution in [2.24, 2.45) is 0 Å². The molecule has 3 rings (SSSR count). The van der Waals surface area contributed by atoms with E-state index in [2.05, 4.69) is 15.5 Å². The molecule has 1 saturated heterocycles. The number of carbonyl (C=O) groups excluding carboxylic acids is 2. The topological polar surface area (TPSA) is 70.7 Å². The van der Waals surface area contributed by atoms with E-state index in [1.807, 2.05) is 48.5 Å². The van der Waals surface area contributed by atoms with Gasteiger partial charge in [0.15, 0.2) is 0 Å². The third-order valence-corrected chi connectivity index (χ3v) is 4.61. The van der Waals surface area contributed by atoms with Crippen LogP contribution in [0.1, 0.15) is 24.8 Å². The summed E-state index contributed by atoms with van der Waals surface area (Å²) >= 11 is 0. The highest BCUT2D eigenvalue weighted by molar-refractivity contribution is 6.03. The summed E-state index contributed by atoms with van der Waals surface area (Å²) in [7, 11) is 1.59. The number of benzene rings is 2. The van der Waals surface area contributed by atoms with Crippen molar-refractivity contribution in [1.82, 2.24) is 5.32 Å². The monoisotopic (exact) mass is 367 g/mol. The Kier molecular flexibility index (Phi) is 6.30. The minimum atomic E-state index is -0.332. The largest absolute Gasteiger partial charge is 0.496 e. The highest BCUT2D eigenvalue weighted by Gasteiger charge is 2.13. The maximum absolute atomic E-state index is 12.1. The second-order valence-electron chi connectivity index (χ2n) is 6.55. The van der Waals surface area contributed by atoms with Crippen molar-refractivity contribution in [2.45, 2.75) is 25.8 Å². The molecule has 1 aliphatic rings. The fourth-order valence-electron chi connectivity index (χ4n) is 3.19. The number of ether oxygens (including phenoxy) is 1. The van der Waals surface area contributed by atoms with Crippen molar-refractivity contribution >= 4 is 23.2 Å². The van der Waals surface area contributed by atoms with Crippen LogP contribution in [0.2, 0.25) is 0 Å². The number of para-hydroxylation sites is 1. The minimum Gasteiger partial charge on any atom is -0.496 e. The maximum atomic E-state index is 12.1. The first-order chi connectivity index (χ1) is 13.2. The zero-order valence-corrected chi connectivity index (χ0v) is 15.5. The minimum absolute atomic E-state index is 0.219. The molecule has 0 unspecified atom stereocenters. The van der Waals surface area contributed by atoms with Gasteiger partial charge < -0.3 is 20.3 Å². The van der Waals surface area contributed by atoms with Crippen LogP contribution in [0.25, 0.3) is 0 Å². The van der Waals surface area contributed by atoms with Crippen LogP contribution >= 0.6 is 0 Å². The lowest BCUT2D eigenvalue weighted by Crippen LogP contribution is -2.27. The van der Waals surface area contributed by atoms with Crippen LogP contribution in [0, 0.1) is 0 Å². The Balaban J connectivity index is 1.46. The Bertz CT molecular complexity index is 784. The molecule has 2 aromatic rings. The fourth-order valence-corrected chi connectivity index (χ4v) is 3.19. The Morgan fingerprint density at radius 3 is 2.41 bits per heavy atom. The second-order valence-corrected chi connectivity index (χ2v) is 6.55. The Hall–Kier alpha value is -3.02. The second kappa shape index (κ2) is 9.07. The molecule has 0 atom stereocenters. The van der Waals surface area contributed by atoms with E-state index in [0.717, 1.165) is 18.7 Å². The highest BCUT2D eigenvalue weighted by Crippen LogP contribution is 2.22. The molecule has 0 saturated carbocycles. The number of rotatable bonds is 7. The number of carbonyl (C=O) groups is 2. The van der Waals surface area contributed by atoms with Crippen LogP contribution in [0.4, 0.5) is 11.4 Å². The molecule has 0 aliphatic carbocycles. The van der Waals surface area contributed by atoms with E-state index in [0.29, 0.717) is 18.0 Å². The molecule has 1 fully saturated rings. The predicted octanol–water partition coefficient (Wildman–Crippen LogP) is 2.94. The van der Waals surface area contributed by atoms with Crippen LogP contribution in [-0.4, -0.2) is 32.0 Å². The van der Waals surface area contributed by atoms with Gasteiger partial charge in [-0.2, -0.15) is 0 Å². The molecule has 0 bridgehead atoms. The van der Waals surface area contributed by atoms with E-state index >= 15 is 0 Å². The number of hydrogen-bond acceptors (Lipinski definition) is 4. The zero-order chi connectivity index (χ0) is 19.1. The first kappa shape index (κ1) is 18.8. The number of nitrogens with one attached hydrogen (secondary N) is 2. The molecule has 2 N–H and O–H groups in total. The number of anilines is 2. The summed E-state index contributed by atoms with van der Waals surface area (Å²) < 4.78 is 5.25. The zero-order valence-electron chi connectivity index (χ0n) is 15.5. The summed E-state index contributed by atoms with van der Waals surface area (Å²) in [5.74, 6) is 0.0499. The van der Waals surface area contributed by atoms with Gasteiger partial charge in [-0.1, -0.05) is 18.2 Å². The molecule has 6 nitrogen and oxygen atoms in total. The third kappa shape index (κ3) is 5.23. The predicted molar refractivity (Wildman–Crippen MR) is 106 cm³/mol. The van der Waals surface area contributed by atoms with Crippen molar-refractivity contribution < 1.29 is 14.3 Å². The summed E-state index contributed by atoms with van der Waals surface area (Å²) in [6.45, 7) is 2.48. The van der Waals surface area contributed by atoms with E-state index in [1.165, 1.54) is 18.5 Å². The average Bonchev–Trinajstić information content (AvgIpc) is 3.22. The first-order valence-corrected chi connectivity index (χ1v) is 9.19. The van der Waals surface area contributed by atoms with Crippen molar-refractivity contribution in [1.29, 1.82) is 0 Å². The van der Waals surface area contributed by atoms with E-state index in [1.54, 1.807) is 7.11 Å². The Labute approximate surface area is 159 Å². The van der Waals surface area contributed by atoms with E-state index in [4.69, 9.17) is 4.74 Å². The maximum Gasteiger partial charge on any atom is 0.233 e. The summed E-state index contributed by atoms with van der Waals surface area (Å²) in [5, 5.41) is 5.52. The van der Waals surface area contributed by atoms with E-state index < -0.39 is 0 Å². The molecule has 1 aliphatic heterocycles. The number of methoxy groups -OCH3 is 1. The number of hydrogen-bond donors (Lipinski definition) is 2. The summed E-state index contributed by atoms with van der Waals surface area (Å²) in [6, 6.07) is 15.2. The van der Waals surface area contributed by atoms with Gasteiger partial charge in [-0.15, -0.1) is 0 Å². The van der Waals surface area contributed by atoms with Gasteiger partial charge in [-0.05, 0) is 43.2 Å². The normalized spacial score (nSPS) is 13.3. The average molecular weight is 367 g/mol. The van der Waals surface area contributed by atoms with Gasteiger partial charge in [0.05, 0.1) is 7.11 Å². The highest BCUT2D eigenvalue weighted by atomic mass is 16.5. The lowest BCUT2D eigenvalue weighted by Gasteiger charge is -2.17. The summed E-state index contributed by atoms with van der Waals surface area (Å²) in [5.41, 5.74) is 2.73. The van der Waals surface area contributed by atoms with E-state index in [9.17, 15) is 9.59 Å². The number of amides is 2. The smallest absolute Gasteiger partial charge is 0.233 e. The standard InChI is InChI=1S/C21H25N3O3/c1-27-19-7-3-2-6-16(19)15-22-20(25)14-21(26)23-17-8-10-18(11-9-17)24-12-4-5-13-24/h2-3,6-11H,4-5,12-15H2,1H3,(H,22,25)(H,23,26). The van der Waals surface area contributed by atoms with Gasteiger partial charge in [0.2, 0.25) is 11.8 Å². The molecular formula is C21H25N3O3. The Morgan fingerprint density at radius 2 is 1.70 bits per heavy atom. The third-order valence-electron chi connectivity index (χ3n) is 4.61. The Morgan fingerprint density at radius 1 is 1.00 bits per heavy atom. The van der Waals surface area contributed by atoms with Crippen LogP contribution in [0.5, 0.6) is 5.75 Å². The van der Waals surface area contributed by atoms with Gasteiger partial charge in [-0.3, -0.25) is 9.59 Å². The SMILES string of the molecule is COc1ccccc1CNC(=O)CC(=O)Nc1ccc(N2CCCC2)cc1. The summed E-state index contributed by atoms with van der Waals surface area (Å²) in [6.07, 6.45) is 2.23. The number of nitrogens with zero attached hydrogens (tertiary/aromatic N) is 1. The molecule has 0 radical (unpaired) electrons. The lowest BCUT2D eigenvalue weighted by molar-refractivity contribution is -0.126. The van der Waals surface area contributed by atoms with Crippen molar-refractivity contribution in [3.8, 4) is 5.75 Å². The molecule has 2 amide bonds. The van der Waals surface area contributed by atoms with Crippen molar-refractivity contribution in [3.05, 3.63) is 54.1 Å². The lowest BCUT2D eigenvalue weighted by atomic mass is 10.2.